The summed E-state index contributed by atoms with van der Waals surface area (Å²) in [6.07, 6.45) is 2.72. The van der Waals surface area contributed by atoms with Crippen molar-refractivity contribution in [3.63, 3.8) is 0 Å². The lowest BCUT2D eigenvalue weighted by atomic mass is 10.2. The fraction of sp³-hybridized carbons (Fsp3) is 0.500. The quantitative estimate of drug-likeness (QED) is 0.512. The predicted molar refractivity (Wildman–Crippen MR) is 80.2 cm³/mol. The van der Waals surface area contributed by atoms with E-state index in [4.69, 9.17) is 9.47 Å². The Hall–Kier alpha value is -2.22. The van der Waals surface area contributed by atoms with Crippen LogP contribution in [0, 0.1) is 11.8 Å². The van der Waals surface area contributed by atoms with Gasteiger partial charge in [0.25, 0.3) is 0 Å². The molecule has 1 aliphatic rings. The molecule has 0 aromatic carbocycles. The standard InChI is InChI=1S/C16H20N2O3/c1-2-3-11-20-15(19)7-5-4-6-13-8-9-14-16(18-13)21-12-10-17-14/h8-9,17H,2-3,5,7,10-12H2,1H3. The number of carbonyl (C=O) groups is 1. The Morgan fingerprint density at radius 3 is 3.29 bits per heavy atom. The topological polar surface area (TPSA) is 60.5 Å². The zero-order chi connectivity index (χ0) is 14.9. The third-order valence-corrected chi connectivity index (χ3v) is 2.95. The summed E-state index contributed by atoms with van der Waals surface area (Å²) in [7, 11) is 0. The van der Waals surface area contributed by atoms with Crippen LogP contribution in [0.25, 0.3) is 0 Å². The number of anilines is 1. The molecule has 0 atom stereocenters. The first-order valence-electron chi connectivity index (χ1n) is 7.32. The Balaban J connectivity index is 1.79. The number of hydrogen-bond acceptors (Lipinski definition) is 5. The molecular formula is C16H20N2O3. The zero-order valence-corrected chi connectivity index (χ0v) is 12.3. The summed E-state index contributed by atoms with van der Waals surface area (Å²) in [6.45, 7) is 3.96. The molecule has 0 spiro atoms. The van der Waals surface area contributed by atoms with Crippen molar-refractivity contribution >= 4 is 11.7 Å². The van der Waals surface area contributed by atoms with E-state index in [9.17, 15) is 4.79 Å². The monoisotopic (exact) mass is 288 g/mol. The summed E-state index contributed by atoms with van der Waals surface area (Å²) in [5, 5.41) is 3.20. The van der Waals surface area contributed by atoms with Gasteiger partial charge in [0.15, 0.2) is 0 Å². The van der Waals surface area contributed by atoms with Gasteiger partial charge < -0.3 is 14.8 Å². The predicted octanol–water partition coefficient (Wildman–Crippen LogP) is 2.36. The number of rotatable bonds is 5. The Morgan fingerprint density at radius 2 is 2.43 bits per heavy atom. The van der Waals surface area contributed by atoms with Crippen molar-refractivity contribution in [1.82, 2.24) is 4.98 Å². The molecule has 5 nitrogen and oxygen atoms in total. The van der Waals surface area contributed by atoms with Crippen molar-refractivity contribution in [2.24, 2.45) is 0 Å². The first kappa shape index (κ1) is 15.2. The van der Waals surface area contributed by atoms with Crippen LogP contribution in [0.5, 0.6) is 5.88 Å². The van der Waals surface area contributed by atoms with Gasteiger partial charge in [0.2, 0.25) is 5.88 Å². The Morgan fingerprint density at radius 1 is 1.52 bits per heavy atom. The molecule has 0 fully saturated rings. The van der Waals surface area contributed by atoms with E-state index >= 15 is 0 Å². The second-order valence-corrected chi connectivity index (χ2v) is 4.70. The SMILES string of the molecule is CCCCOC(=O)CCC#Cc1ccc2c(n1)OCCN2. The van der Waals surface area contributed by atoms with Gasteiger partial charge in [-0.2, -0.15) is 0 Å². The third kappa shape index (κ3) is 4.99. The molecule has 5 heteroatoms. The minimum Gasteiger partial charge on any atom is -0.474 e. The van der Waals surface area contributed by atoms with E-state index in [1.165, 1.54) is 0 Å². The van der Waals surface area contributed by atoms with Gasteiger partial charge in [-0.05, 0) is 24.5 Å². The van der Waals surface area contributed by atoms with Crippen molar-refractivity contribution in [1.29, 1.82) is 0 Å². The minimum atomic E-state index is -0.191. The van der Waals surface area contributed by atoms with Crippen LogP contribution >= 0.6 is 0 Å². The lowest BCUT2D eigenvalue weighted by molar-refractivity contribution is -0.143. The lowest BCUT2D eigenvalue weighted by Gasteiger charge is -2.17. The fourth-order valence-electron chi connectivity index (χ4n) is 1.81. The van der Waals surface area contributed by atoms with Crippen molar-refractivity contribution in [3.05, 3.63) is 17.8 Å². The number of nitrogens with one attached hydrogen (secondary N) is 1. The summed E-state index contributed by atoms with van der Waals surface area (Å²) in [4.78, 5) is 15.7. The van der Waals surface area contributed by atoms with Crippen molar-refractivity contribution in [2.75, 3.05) is 25.1 Å². The van der Waals surface area contributed by atoms with E-state index in [1.54, 1.807) is 0 Å². The van der Waals surface area contributed by atoms with Gasteiger partial charge in [-0.15, -0.1) is 0 Å². The van der Waals surface area contributed by atoms with Crippen LogP contribution in [0.4, 0.5) is 5.69 Å². The van der Waals surface area contributed by atoms with E-state index in [2.05, 4.69) is 29.1 Å². The molecule has 1 aliphatic heterocycles. The molecule has 112 valence electrons. The maximum Gasteiger partial charge on any atom is 0.306 e. The molecule has 0 amide bonds. The number of aromatic nitrogens is 1. The molecule has 2 heterocycles. The highest BCUT2D eigenvalue weighted by atomic mass is 16.5. The van der Waals surface area contributed by atoms with E-state index in [-0.39, 0.29) is 5.97 Å². The molecule has 0 bridgehead atoms. The van der Waals surface area contributed by atoms with Crippen LogP contribution in [0.2, 0.25) is 0 Å². The largest absolute Gasteiger partial charge is 0.474 e. The Kier molecular flexibility index (Phi) is 5.89. The molecule has 1 aromatic heterocycles. The fourth-order valence-corrected chi connectivity index (χ4v) is 1.81. The number of nitrogens with zero attached hydrogens (tertiary/aromatic N) is 1. The number of fused-ring (bicyclic) bond motifs is 1. The highest BCUT2D eigenvalue weighted by Gasteiger charge is 2.10. The third-order valence-electron chi connectivity index (χ3n) is 2.95. The number of unbranched alkanes of at least 4 members (excludes halogenated alkanes) is 1. The maximum atomic E-state index is 11.4. The van der Waals surface area contributed by atoms with Crippen LogP contribution in [0.1, 0.15) is 38.3 Å². The molecule has 0 saturated carbocycles. The Bertz CT molecular complexity index is 546. The van der Waals surface area contributed by atoms with E-state index in [1.807, 2.05) is 12.1 Å². The van der Waals surface area contributed by atoms with Gasteiger partial charge in [0, 0.05) is 13.0 Å². The van der Waals surface area contributed by atoms with Crippen LogP contribution < -0.4 is 10.1 Å². The van der Waals surface area contributed by atoms with Gasteiger partial charge in [-0.25, -0.2) is 4.98 Å². The highest BCUT2D eigenvalue weighted by molar-refractivity contribution is 5.69. The summed E-state index contributed by atoms with van der Waals surface area (Å²) in [5.74, 6) is 6.28. The number of hydrogen-bond donors (Lipinski definition) is 1. The van der Waals surface area contributed by atoms with E-state index < -0.39 is 0 Å². The average molecular weight is 288 g/mol. The van der Waals surface area contributed by atoms with Crippen molar-refractivity contribution < 1.29 is 14.3 Å². The highest BCUT2D eigenvalue weighted by Crippen LogP contribution is 2.24. The second-order valence-electron chi connectivity index (χ2n) is 4.70. The first-order valence-corrected chi connectivity index (χ1v) is 7.32. The average Bonchev–Trinajstić information content (AvgIpc) is 2.52. The van der Waals surface area contributed by atoms with Gasteiger partial charge in [-0.1, -0.05) is 19.3 Å². The normalized spacial score (nSPS) is 12.2. The number of esters is 1. The van der Waals surface area contributed by atoms with Gasteiger partial charge in [-0.3, -0.25) is 4.79 Å². The van der Waals surface area contributed by atoms with Gasteiger partial charge in [0.1, 0.15) is 12.3 Å². The smallest absolute Gasteiger partial charge is 0.306 e. The van der Waals surface area contributed by atoms with Crippen LogP contribution in [-0.4, -0.2) is 30.7 Å². The second kappa shape index (κ2) is 8.15. The van der Waals surface area contributed by atoms with Crippen molar-refractivity contribution in [3.8, 4) is 17.7 Å². The molecule has 2 rings (SSSR count). The summed E-state index contributed by atoms with van der Waals surface area (Å²) < 4.78 is 10.5. The number of pyridine rings is 1. The maximum absolute atomic E-state index is 11.4. The molecule has 0 radical (unpaired) electrons. The molecule has 0 aliphatic carbocycles. The molecular weight excluding hydrogens is 268 g/mol. The molecule has 1 aromatic rings. The van der Waals surface area contributed by atoms with Crippen LogP contribution in [-0.2, 0) is 9.53 Å². The number of ether oxygens (including phenoxy) is 2. The van der Waals surface area contributed by atoms with E-state index in [0.29, 0.717) is 37.6 Å². The molecule has 0 unspecified atom stereocenters. The zero-order valence-electron chi connectivity index (χ0n) is 12.3. The molecule has 1 N–H and O–H groups in total. The van der Waals surface area contributed by atoms with Crippen molar-refractivity contribution in [2.45, 2.75) is 32.6 Å². The first-order chi connectivity index (χ1) is 10.3. The minimum absolute atomic E-state index is 0.191. The molecule has 21 heavy (non-hydrogen) atoms. The number of carbonyl (C=O) groups excluding carboxylic acids is 1. The molecule has 0 saturated heterocycles. The summed E-state index contributed by atoms with van der Waals surface area (Å²) in [6, 6.07) is 3.75. The van der Waals surface area contributed by atoms with Crippen LogP contribution in [0.3, 0.4) is 0 Å². The Labute approximate surface area is 125 Å². The summed E-state index contributed by atoms with van der Waals surface area (Å²) >= 11 is 0. The van der Waals surface area contributed by atoms with Gasteiger partial charge >= 0.3 is 5.97 Å². The lowest BCUT2D eigenvalue weighted by Crippen LogP contribution is -2.19. The van der Waals surface area contributed by atoms with E-state index in [0.717, 1.165) is 25.1 Å². The van der Waals surface area contributed by atoms with Gasteiger partial charge in [0.05, 0.1) is 18.7 Å². The summed E-state index contributed by atoms with van der Waals surface area (Å²) in [5.41, 5.74) is 1.54. The van der Waals surface area contributed by atoms with Crippen LogP contribution in [0.15, 0.2) is 12.1 Å².